The topological polar surface area (TPSA) is 0 Å². The van der Waals surface area contributed by atoms with E-state index >= 15 is 0 Å². The first-order valence-electron chi connectivity index (χ1n) is 2.84. The monoisotopic (exact) mass is 306 g/mol. The van der Waals surface area contributed by atoms with Gasteiger partial charge in [-0.05, 0) is 0 Å². The zero-order valence-electron chi connectivity index (χ0n) is 5.80. The fourth-order valence-corrected chi connectivity index (χ4v) is 0.857. The van der Waals surface area contributed by atoms with Crippen LogP contribution in [0.2, 0.25) is 0 Å². The van der Waals surface area contributed by atoms with Gasteiger partial charge in [0.25, 0.3) is 0 Å². The Morgan fingerprint density at radius 3 is 1.33 bits per heavy atom. The van der Waals surface area contributed by atoms with Gasteiger partial charge in [-0.2, -0.15) is 26.3 Å². The summed E-state index contributed by atoms with van der Waals surface area (Å²) in [5.74, 6) is -2.36. The molecule has 0 nitrogen and oxygen atoms in total. The highest BCUT2D eigenvalue weighted by atomic mass is 127. The summed E-state index contributed by atoms with van der Waals surface area (Å²) in [6.07, 6.45) is -9.59. The lowest BCUT2D eigenvalue weighted by atomic mass is 10.1. The van der Waals surface area contributed by atoms with Gasteiger partial charge in [0.05, 0.1) is 5.92 Å². The molecule has 0 rings (SSSR count). The van der Waals surface area contributed by atoms with Crippen LogP contribution in [0.15, 0.2) is 0 Å². The van der Waals surface area contributed by atoms with Crippen molar-refractivity contribution in [3.63, 3.8) is 0 Å². The van der Waals surface area contributed by atoms with Crippen molar-refractivity contribution in [3.8, 4) is 0 Å². The molecule has 0 amide bonds. The Balaban J connectivity index is 4.41. The maximum atomic E-state index is 11.7. The first kappa shape index (κ1) is 12.3. The van der Waals surface area contributed by atoms with Gasteiger partial charge in [-0.15, -0.1) is 0 Å². The maximum Gasteiger partial charge on any atom is 0.401 e. The van der Waals surface area contributed by atoms with Gasteiger partial charge in [-0.1, -0.05) is 29.5 Å². The van der Waals surface area contributed by atoms with Crippen LogP contribution in [0.25, 0.3) is 0 Å². The Bertz CT molecular complexity index is 129. The minimum atomic E-state index is -4.80. The van der Waals surface area contributed by atoms with Crippen LogP contribution in [0.3, 0.4) is 0 Å². The predicted octanol–water partition coefficient (Wildman–Crippen LogP) is 3.55. The summed E-state index contributed by atoms with van der Waals surface area (Å²) in [6.45, 7) is 0.518. The molecule has 0 aliphatic heterocycles. The highest BCUT2D eigenvalue weighted by molar-refractivity contribution is 14.1. The summed E-state index contributed by atoms with van der Waals surface area (Å²) >= 11 is 0.755. The fourth-order valence-electron chi connectivity index (χ4n) is 0.449. The highest BCUT2D eigenvalue weighted by Crippen LogP contribution is 2.40. The third kappa shape index (κ3) is 3.36. The lowest BCUT2D eigenvalue weighted by Gasteiger charge is -2.23. The van der Waals surface area contributed by atoms with E-state index in [0.29, 0.717) is 6.92 Å². The lowest BCUT2D eigenvalue weighted by molar-refractivity contribution is -0.206. The standard InChI is InChI=1S/C5H5F6I/c1-2(4(6,7)8)3(12)5(9,10)11/h2-3H,1H3/t2-,3+/m0/s1. The molecule has 0 saturated heterocycles. The van der Waals surface area contributed by atoms with Gasteiger partial charge in [0, 0.05) is 0 Å². The summed E-state index contributed by atoms with van der Waals surface area (Å²) in [6, 6.07) is 0. The molecule has 0 aromatic heterocycles. The Morgan fingerprint density at radius 1 is 0.917 bits per heavy atom. The van der Waals surface area contributed by atoms with Crippen molar-refractivity contribution in [1.29, 1.82) is 0 Å². The second-order valence-corrected chi connectivity index (χ2v) is 3.62. The van der Waals surface area contributed by atoms with E-state index in [1.807, 2.05) is 0 Å². The van der Waals surface area contributed by atoms with E-state index in [4.69, 9.17) is 0 Å². The van der Waals surface area contributed by atoms with Crippen LogP contribution in [0.1, 0.15) is 6.92 Å². The van der Waals surface area contributed by atoms with Crippen molar-refractivity contribution in [2.24, 2.45) is 5.92 Å². The number of halogens is 7. The Morgan fingerprint density at radius 2 is 1.25 bits per heavy atom. The van der Waals surface area contributed by atoms with E-state index in [9.17, 15) is 26.3 Å². The third-order valence-electron chi connectivity index (χ3n) is 1.27. The number of hydrogen-bond acceptors (Lipinski definition) is 0. The van der Waals surface area contributed by atoms with Crippen molar-refractivity contribution < 1.29 is 26.3 Å². The van der Waals surface area contributed by atoms with Gasteiger partial charge < -0.3 is 0 Å². The summed E-state index contributed by atoms with van der Waals surface area (Å²) in [5, 5.41) is 0. The maximum absolute atomic E-state index is 11.7. The molecule has 0 radical (unpaired) electrons. The van der Waals surface area contributed by atoms with E-state index in [-0.39, 0.29) is 0 Å². The van der Waals surface area contributed by atoms with Crippen LogP contribution in [0, 0.1) is 5.92 Å². The largest absolute Gasteiger partial charge is 0.401 e. The van der Waals surface area contributed by atoms with Gasteiger partial charge in [0.15, 0.2) is 0 Å². The molecule has 0 saturated carbocycles. The summed E-state index contributed by atoms with van der Waals surface area (Å²) < 4.78 is 68.0. The Labute approximate surface area is 78.5 Å². The molecule has 2 atom stereocenters. The summed E-state index contributed by atoms with van der Waals surface area (Å²) in [7, 11) is 0. The van der Waals surface area contributed by atoms with Crippen LogP contribution in [0.4, 0.5) is 26.3 Å². The molecule has 12 heavy (non-hydrogen) atoms. The molecule has 0 aromatic rings. The van der Waals surface area contributed by atoms with E-state index in [1.165, 1.54) is 0 Å². The normalized spacial score (nSPS) is 19.0. The van der Waals surface area contributed by atoms with Crippen LogP contribution in [-0.4, -0.2) is 16.3 Å². The van der Waals surface area contributed by atoms with Crippen molar-refractivity contribution in [1.82, 2.24) is 0 Å². The van der Waals surface area contributed by atoms with Crippen molar-refractivity contribution in [2.45, 2.75) is 23.2 Å². The molecule has 0 heterocycles. The second-order valence-electron chi connectivity index (χ2n) is 2.27. The minimum Gasteiger partial charge on any atom is -0.171 e. The van der Waals surface area contributed by atoms with Crippen LogP contribution < -0.4 is 0 Å². The molecule has 0 aliphatic carbocycles. The van der Waals surface area contributed by atoms with Gasteiger partial charge >= 0.3 is 12.4 Å². The molecule has 0 aromatic carbocycles. The molecule has 0 N–H and O–H groups in total. The zero-order valence-corrected chi connectivity index (χ0v) is 7.96. The van der Waals surface area contributed by atoms with Gasteiger partial charge in [-0.3, -0.25) is 0 Å². The first-order chi connectivity index (χ1) is 5.07. The van der Waals surface area contributed by atoms with Crippen molar-refractivity contribution in [2.75, 3.05) is 0 Å². The molecule has 0 unspecified atom stereocenters. The quantitative estimate of drug-likeness (QED) is 0.395. The smallest absolute Gasteiger partial charge is 0.171 e. The lowest BCUT2D eigenvalue weighted by Crippen LogP contribution is -2.37. The molecular formula is C5H5F6I. The van der Waals surface area contributed by atoms with E-state index in [1.54, 1.807) is 0 Å². The molecule has 0 aliphatic rings. The average molecular weight is 306 g/mol. The second kappa shape index (κ2) is 3.59. The summed E-state index contributed by atoms with van der Waals surface area (Å²) in [4.78, 5) is 0. The minimum absolute atomic E-state index is 0.518. The number of rotatable bonds is 1. The number of hydrogen-bond donors (Lipinski definition) is 0. The first-order valence-corrected chi connectivity index (χ1v) is 4.09. The van der Waals surface area contributed by atoms with E-state index in [0.717, 1.165) is 22.6 Å². The van der Waals surface area contributed by atoms with Crippen LogP contribution >= 0.6 is 22.6 Å². The van der Waals surface area contributed by atoms with Crippen molar-refractivity contribution in [3.05, 3.63) is 0 Å². The third-order valence-corrected chi connectivity index (χ3v) is 3.05. The highest BCUT2D eigenvalue weighted by Gasteiger charge is 2.51. The number of alkyl halides is 7. The van der Waals surface area contributed by atoms with Gasteiger partial charge in [0.1, 0.15) is 3.92 Å². The van der Waals surface area contributed by atoms with Crippen molar-refractivity contribution >= 4 is 22.6 Å². The molecule has 0 spiro atoms. The van der Waals surface area contributed by atoms with Crippen LogP contribution in [-0.2, 0) is 0 Å². The van der Waals surface area contributed by atoms with Crippen LogP contribution in [0.5, 0.6) is 0 Å². The van der Waals surface area contributed by atoms with E-state index < -0.39 is 22.2 Å². The molecule has 0 bridgehead atoms. The molecule has 74 valence electrons. The van der Waals surface area contributed by atoms with Gasteiger partial charge in [0.2, 0.25) is 0 Å². The summed E-state index contributed by atoms with van der Waals surface area (Å²) in [5.41, 5.74) is 0. The SMILES string of the molecule is C[C@@H]([C@@H](I)C(F)(F)F)C(F)(F)F. The molecule has 0 fully saturated rings. The predicted molar refractivity (Wildman–Crippen MR) is 39.1 cm³/mol. The molecular weight excluding hydrogens is 301 g/mol. The fraction of sp³-hybridized carbons (Fsp3) is 1.00. The van der Waals surface area contributed by atoms with Gasteiger partial charge in [-0.25, -0.2) is 0 Å². The Kier molecular flexibility index (Phi) is 3.68. The molecule has 7 heteroatoms. The average Bonchev–Trinajstić information content (AvgIpc) is 1.80. The Hall–Kier alpha value is 0.310. The van der Waals surface area contributed by atoms with E-state index in [2.05, 4.69) is 0 Å². The zero-order chi connectivity index (χ0) is 10.2.